The van der Waals surface area contributed by atoms with Crippen LogP contribution in [0.1, 0.15) is 0 Å². The lowest BCUT2D eigenvalue weighted by Crippen LogP contribution is -2.33. The summed E-state index contributed by atoms with van der Waals surface area (Å²) in [6, 6.07) is 3.83. The van der Waals surface area contributed by atoms with Gasteiger partial charge in [0.2, 0.25) is 0 Å². The van der Waals surface area contributed by atoms with E-state index in [-0.39, 0.29) is 16.3 Å². The van der Waals surface area contributed by atoms with E-state index < -0.39 is 27.4 Å². The molecule has 0 aliphatic heterocycles. The molecule has 20 heavy (non-hydrogen) atoms. The molecule has 0 saturated heterocycles. The normalized spacial score (nSPS) is 12.7. The summed E-state index contributed by atoms with van der Waals surface area (Å²) in [6.07, 6.45) is 0. The summed E-state index contributed by atoms with van der Waals surface area (Å²) in [5.41, 5.74) is 5.38. The highest BCUT2D eigenvalue weighted by Gasteiger charge is 2.15. The number of amides is 1. The van der Waals surface area contributed by atoms with Gasteiger partial charge in [0.1, 0.15) is 6.04 Å². The number of thioether (sulfide) groups is 1. The molecule has 0 radical (unpaired) electrons. The van der Waals surface area contributed by atoms with Crippen molar-refractivity contribution < 1.29 is 27.7 Å². The van der Waals surface area contributed by atoms with Gasteiger partial charge in [-0.25, -0.2) is 0 Å². The number of hydrogen-bond donors (Lipinski definition) is 4. The molecule has 110 valence electrons. The van der Waals surface area contributed by atoms with Crippen molar-refractivity contribution in [3.63, 3.8) is 0 Å². The van der Waals surface area contributed by atoms with Gasteiger partial charge in [0.05, 0.1) is 4.90 Å². The summed E-state index contributed by atoms with van der Waals surface area (Å²) in [7, 11) is -4.35. The zero-order chi connectivity index (χ0) is 15.3. The summed E-state index contributed by atoms with van der Waals surface area (Å²) in [6.45, 7) is 0. The number of nitrogens with one attached hydrogen (secondary N) is 1. The maximum Gasteiger partial charge on any atom is 0.321 e. The molecular formula is C10H12N2O6S2. The minimum Gasteiger partial charge on any atom is -0.480 e. The van der Waals surface area contributed by atoms with Crippen LogP contribution in [0.25, 0.3) is 0 Å². The summed E-state index contributed by atoms with van der Waals surface area (Å²) in [4.78, 5) is 21.6. The predicted molar refractivity (Wildman–Crippen MR) is 73.3 cm³/mol. The molecule has 0 aliphatic carbocycles. The van der Waals surface area contributed by atoms with Crippen LogP contribution in [0.3, 0.4) is 0 Å². The lowest BCUT2D eigenvalue weighted by molar-refractivity contribution is -0.137. The van der Waals surface area contributed by atoms with Crippen LogP contribution in [0.4, 0.5) is 10.5 Å². The van der Waals surface area contributed by atoms with Crippen LogP contribution in [-0.2, 0) is 14.9 Å². The highest BCUT2D eigenvalue weighted by atomic mass is 32.2. The Kier molecular flexibility index (Phi) is 5.51. The first kappa shape index (κ1) is 16.4. The minimum absolute atomic E-state index is 0.126. The highest BCUT2D eigenvalue weighted by Crippen LogP contribution is 2.17. The van der Waals surface area contributed by atoms with Crippen molar-refractivity contribution in [3.8, 4) is 0 Å². The van der Waals surface area contributed by atoms with Crippen molar-refractivity contribution in [2.45, 2.75) is 10.9 Å². The number of carbonyl (C=O) groups is 2. The van der Waals surface area contributed by atoms with Crippen LogP contribution in [0.2, 0.25) is 0 Å². The van der Waals surface area contributed by atoms with Crippen molar-refractivity contribution >= 4 is 38.8 Å². The Bertz CT molecular complexity index is 616. The average molecular weight is 320 g/mol. The van der Waals surface area contributed by atoms with E-state index in [1.165, 1.54) is 18.2 Å². The van der Waals surface area contributed by atoms with Crippen LogP contribution in [0.15, 0.2) is 29.2 Å². The van der Waals surface area contributed by atoms with Crippen LogP contribution < -0.4 is 11.1 Å². The summed E-state index contributed by atoms with van der Waals surface area (Å²) in [5.74, 6) is -1.35. The lowest BCUT2D eigenvalue weighted by Gasteiger charge is -2.07. The van der Waals surface area contributed by atoms with Crippen LogP contribution in [-0.4, -0.2) is 41.1 Å². The van der Waals surface area contributed by atoms with Gasteiger partial charge in [-0.1, -0.05) is 17.8 Å². The molecule has 0 unspecified atom stereocenters. The van der Waals surface area contributed by atoms with Gasteiger partial charge in [-0.15, -0.1) is 0 Å². The van der Waals surface area contributed by atoms with Crippen molar-refractivity contribution in [2.24, 2.45) is 5.73 Å². The summed E-state index contributed by atoms with van der Waals surface area (Å²) < 4.78 is 30.7. The minimum atomic E-state index is -4.35. The number of benzene rings is 1. The third kappa shape index (κ3) is 5.17. The van der Waals surface area contributed by atoms with E-state index in [2.05, 4.69) is 5.32 Å². The van der Waals surface area contributed by atoms with E-state index >= 15 is 0 Å². The molecule has 1 aromatic rings. The topological polar surface area (TPSA) is 147 Å². The molecular weight excluding hydrogens is 308 g/mol. The van der Waals surface area contributed by atoms with Crippen LogP contribution in [0.5, 0.6) is 0 Å². The number of aliphatic carboxylic acids is 1. The fraction of sp³-hybridized carbons (Fsp3) is 0.200. The van der Waals surface area contributed by atoms with Gasteiger partial charge in [-0.3, -0.25) is 14.1 Å². The first-order valence-corrected chi connectivity index (χ1v) is 7.62. The number of hydrogen-bond acceptors (Lipinski definition) is 6. The Labute approximate surface area is 119 Å². The Morgan fingerprint density at radius 3 is 2.60 bits per heavy atom. The quantitative estimate of drug-likeness (QED) is 0.577. The molecule has 0 fully saturated rings. The highest BCUT2D eigenvalue weighted by molar-refractivity contribution is 8.13. The van der Waals surface area contributed by atoms with Crippen LogP contribution >= 0.6 is 11.8 Å². The second kappa shape index (κ2) is 6.70. The average Bonchev–Trinajstić information content (AvgIpc) is 2.35. The zero-order valence-electron chi connectivity index (χ0n) is 10.0. The van der Waals surface area contributed by atoms with Crippen molar-refractivity contribution in [1.82, 2.24) is 0 Å². The summed E-state index contributed by atoms with van der Waals surface area (Å²) in [5, 5.41) is 10.3. The van der Waals surface area contributed by atoms with Gasteiger partial charge >= 0.3 is 5.97 Å². The van der Waals surface area contributed by atoms with Crippen molar-refractivity contribution in [1.29, 1.82) is 0 Å². The molecule has 10 heteroatoms. The zero-order valence-corrected chi connectivity index (χ0v) is 11.6. The SMILES string of the molecule is N[C@@H](CSC(=O)Nc1cccc(S(=O)(=O)O)c1)C(=O)O. The van der Waals surface area contributed by atoms with E-state index in [4.69, 9.17) is 15.4 Å². The smallest absolute Gasteiger partial charge is 0.321 e. The third-order valence-corrected chi connectivity index (χ3v) is 3.83. The fourth-order valence-corrected chi connectivity index (χ4v) is 2.31. The van der Waals surface area contributed by atoms with E-state index in [9.17, 15) is 18.0 Å². The van der Waals surface area contributed by atoms with Gasteiger partial charge in [-0.05, 0) is 18.2 Å². The Morgan fingerprint density at radius 2 is 2.05 bits per heavy atom. The predicted octanol–water partition coefficient (Wildman–Crippen LogP) is 0.610. The molecule has 1 aromatic carbocycles. The van der Waals surface area contributed by atoms with Gasteiger partial charge in [0.15, 0.2) is 0 Å². The molecule has 5 N–H and O–H groups in total. The number of rotatable bonds is 5. The van der Waals surface area contributed by atoms with Gasteiger partial charge in [-0.2, -0.15) is 8.42 Å². The van der Waals surface area contributed by atoms with E-state index in [1.807, 2.05) is 0 Å². The summed E-state index contributed by atoms with van der Waals surface area (Å²) >= 11 is 0.653. The van der Waals surface area contributed by atoms with E-state index in [1.54, 1.807) is 0 Å². The molecule has 0 aromatic heterocycles. The Hall–Kier alpha value is -1.62. The molecule has 1 amide bonds. The van der Waals surface area contributed by atoms with Gasteiger partial charge < -0.3 is 16.2 Å². The molecule has 0 heterocycles. The third-order valence-electron chi connectivity index (χ3n) is 2.09. The number of carbonyl (C=O) groups excluding carboxylic acids is 1. The van der Waals surface area contributed by atoms with E-state index in [0.29, 0.717) is 11.8 Å². The maximum atomic E-state index is 11.5. The first-order chi connectivity index (χ1) is 9.20. The first-order valence-electron chi connectivity index (χ1n) is 5.20. The van der Waals surface area contributed by atoms with Gasteiger partial charge in [0, 0.05) is 11.4 Å². The Balaban J connectivity index is 2.65. The molecule has 0 spiro atoms. The number of nitrogens with two attached hydrogens (primary N) is 1. The number of anilines is 1. The lowest BCUT2D eigenvalue weighted by atomic mass is 10.3. The standard InChI is InChI=1S/C10H12N2O6S2/c11-8(9(13)14)5-19-10(15)12-6-2-1-3-7(4-6)20(16,17)18/h1-4,8H,5,11H2,(H,12,15)(H,13,14)(H,16,17,18)/t8-/m0/s1. The largest absolute Gasteiger partial charge is 0.480 e. The van der Waals surface area contributed by atoms with Crippen molar-refractivity contribution in [3.05, 3.63) is 24.3 Å². The van der Waals surface area contributed by atoms with Gasteiger partial charge in [0.25, 0.3) is 15.4 Å². The monoisotopic (exact) mass is 320 g/mol. The number of carboxylic acids is 1. The Morgan fingerprint density at radius 1 is 1.40 bits per heavy atom. The molecule has 0 saturated carbocycles. The fourth-order valence-electron chi connectivity index (χ4n) is 1.12. The molecule has 0 aliphatic rings. The van der Waals surface area contributed by atoms with E-state index in [0.717, 1.165) is 6.07 Å². The number of carboxylic acid groups (broad SMARTS) is 1. The second-order valence-electron chi connectivity index (χ2n) is 3.67. The molecule has 0 bridgehead atoms. The van der Waals surface area contributed by atoms with Crippen LogP contribution in [0, 0.1) is 0 Å². The maximum absolute atomic E-state index is 11.5. The molecule has 8 nitrogen and oxygen atoms in total. The van der Waals surface area contributed by atoms with Crippen molar-refractivity contribution in [2.75, 3.05) is 11.1 Å². The molecule has 1 atom stereocenters. The molecule has 1 rings (SSSR count). The second-order valence-corrected chi connectivity index (χ2v) is 6.09.